The van der Waals surface area contributed by atoms with E-state index in [1.807, 2.05) is 20.8 Å². The van der Waals surface area contributed by atoms with Crippen LogP contribution in [0.3, 0.4) is 0 Å². The van der Waals surface area contributed by atoms with Crippen LogP contribution in [-0.2, 0) is 9.47 Å². The maximum absolute atomic E-state index is 9.76. The van der Waals surface area contributed by atoms with Gasteiger partial charge in [-0.25, -0.2) is 0 Å². The van der Waals surface area contributed by atoms with Crippen molar-refractivity contribution in [3.05, 3.63) is 0 Å². The molecule has 3 heteroatoms. The number of methoxy groups -OCH3 is 1. The largest absolute Gasteiger partial charge is 0.387 e. The van der Waals surface area contributed by atoms with Crippen molar-refractivity contribution in [3.8, 4) is 0 Å². The fourth-order valence-corrected chi connectivity index (χ4v) is 1.88. The van der Waals surface area contributed by atoms with E-state index < -0.39 is 11.7 Å². The predicted molar refractivity (Wildman–Crippen MR) is 46.0 cm³/mol. The minimum Gasteiger partial charge on any atom is -0.387 e. The summed E-state index contributed by atoms with van der Waals surface area (Å²) in [5.74, 6) is 0. The SMILES string of the molecule is COC1(C)CC(C)OC(C)C1O. The number of aliphatic hydroxyl groups excluding tert-OH is 1. The van der Waals surface area contributed by atoms with Crippen molar-refractivity contribution in [1.29, 1.82) is 0 Å². The normalized spacial score (nSPS) is 49.2. The fourth-order valence-electron chi connectivity index (χ4n) is 1.88. The molecule has 1 N–H and O–H groups in total. The quantitative estimate of drug-likeness (QED) is 0.643. The van der Waals surface area contributed by atoms with E-state index in [1.165, 1.54) is 0 Å². The zero-order chi connectivity index (χ0) is 9.35. The molecule has 0 aliphatic carbocycles. The van der Waals surface area contributed by atoms with Gasteiger partial charge in [0.2, 0.25) is 0 Å². The lowest BCUT2D eigenvalue weighted by Gasteiger charge is -2.43. The highest BCUT2D eigenvalue weighted by Gasteiger charge is 2.43. The Hall–Kier alpha value is -0.120. The smallest absolute Gasteiger partial charge is 0.109 e. The standard InChI is InChI=1S/C9H18O3/c1-6-5-9(3,11-4)8(10)7(2)12-6/h6-8,10H,5H2,1-4H3. The van der Waals surface area contributed by atoms with Gasteiger partial charge < -0.3 is 14.6 Å². The van der Waals surface area contributed by atoms with E-state index >= 15 is 0 Å². The minimum atomic E-state index is -0.529. The summed E-state index contributed by atoms with van der Waals surface area (Å²) in [6.45, 7) is 5.80. The molecule has 4 atom stereocenters. The summed E-state index contributed by atoms with van der Waals surface area (Å²) < 4.78 is 10.8. The number of rotatable bonds is 1. The molecule has 0 aromatic rings. The fraction of sp³-hybridized carbons (Fsp3) is 1.00. The second kappa shape index (κ2) is 3.32. The number of ether oxygens (including phenoxy) is 2. The molecule has 0 amide bonds. The number of hydrogen-bond acceptors (Lipinski definition) is 3. The summed E-state index contributed by atoms with van der Waals surface area (Å²) in [4.78, 5) is 0. The zero-order valence-electron chi connectivity index (χ0n) is 8.20. The van der Waals surface area contributed by atoms with Gasteiger partial charge in [0.05, 0.1) is 17.8 Å². The van der Waals surface area contributed by atoms with Gasteiger partial charge in [-0.2, -0.15) is 0 Å². The van der Waals surface area contributed by atoms with Gasteiger partial charge in [0, 0.05) is 13.5 Å². The van der Waals surface area contributed by atoms with Crippen molar-refractivity contribution in [2.24, 2.45) is 0 Å². The van der Waals surface area contributed by atoms with Crippen molar-refractivity contribution < 1.29 is 14.6 Å². The van der Waals surface area contributed by atoms with E-state index in [-0.39, 0.29) is 12.2 Å². The molecule has 4 unspecified atom stereocenters. The zero-order valence-corrected chi connectivity index (χ0v) is 8.20. The third-order valence-electron chi connectivity index (χ3n) is 2.68. The van der Waals surface area contributed by atoms with Crippen molar-refractivity contribution >= 4 is 0 Å². The molecule has 1 rings (SSSR count). The van der Waals surface area contributed by atoms with Crippen LogP contribution >= 0.6 is 0 Å². The first-order chi connectivity index (χ1) is 5.49. The predicted octanol–water partition coefficient (Wildman–Crippen LogP) is 0.950. The molecule has 1 aliphatic rings. The molecular formula is C9H18O3. The van der Waals surface area contributed by atoms with Crippen LogP contribution in [0.2, 0.25) is 0 Å². The molecule has 0 aromatic heterocycles. The molecule has 0 bridgehead atoms. The van der Waals surface area contributed by atoms with Gasteiger partial charge in [-0.15, -0.1) is 0 Å². The average molecular weight is 174 g/mol. The first-order valence-corrected chi connectivity index (χ1v) is 4.38. The highest BCUT2D eigenvalue weighted by molar-refractivity contribution is 4.93. The van der Waals surface area contributed by atoms with Gasteiger partial charge in [-0.05, 0) is 20.8 Å². The summed E-state index contributed by atoms with van der Waals surface area (Å²) in [6, 6.07) is 0. The minimum absolute atomic E-state index is 0.140. The van der Waals surface area contributed by atoms with E-state index in [9.17, 15) is 5.11 Å². The van der Waals surface area contributed by atoms with Crippen LogP contribution in [-0.4, -0.2) is 36.1 Å². The molecule has 1 saturated heterocycles. The molecule has 12 heavy (non-hydrogen) atoms. The molecule has 1 aliphatic heterocycles. The molecule has 0 aromatic carbocycles. The Labute approximate surface area is 73.7 Å². The summed E-state index contributed by atoms with van der Waals surface area (Å²) >= 11 is 0. The van der Waals surface area contributed by atoms with Gasteiger partial charge in [0.25, 0.3) is 0 Å². The maximum Gasteiger partial charge on any atom is 0.109 e. The molecular weight excluding hydrogens is 156 g/mol. The Morgan fingerprint density at radius 2 is 2.08 bits per heavy atom. The van der Waals surface area contributed by atoms with Crippen molar-refractivity contribution in [2.45, 2.75) is 51.1 Å². The molecule has 0 spiro atoms. The molecule has 1 fully saturated rings. The lowest BCUT2D eigenvalue weighted by Crippen LogP contribution is -2.55. The molecule has 0 saturated carbocycles. The average Bonchev–Trinajstić information content (AvgIpc) is 2.00. The number of hydrogen-bond donors (Lipinski definition) is 1. The van der Waals surface area contributed by atoms with Crippen LogP contribution in [0.5, 0.6) is 0 Å². The van der Waals surface area contributed by atoms with Gasteiger partial charge in [0.15, 0.2) is 0 Å². The van der Waals surface area contributed by atoms with Crippen LogP contribution in [0, 0.1) is 0 Å². The van der Waals surface area contributed by atoms with Gasteiger partial charge >= 0.3 is 0 Å². The second-order valence-corrected chi connectivity index (χ2v) is 3.82. The third kappa shape index (κ3) is 1.63. The summed E-state index contributed by atoms with van der Waals surface area (Å²) in [6.07, 6.45) is 0.236. The van der Waals surface area contributed by atoms with Crippen LogP contribution in [0.25, 0.3) is 0 Å². The summed E-state index contributed by atoms with van der Waals surface area (Å²) in [7, 11) is 1.63. The molecule has 72 valence electrons. The van der Waals surface area contributed by atoms with E-state index in [4.69, 9.17) is 9.47 Å². The summed E-state index contributed by atoms with van der Waals surface area (Å²) in [5.41, 5.74) is -0.447. The lowest BCUT2D eigenvalue weighted by molar-refractivity contribution is -0.210. The molecule has 0 radical (unpaired) electrons. The summed E-state index contributed by atoms with van der Waals surface area (Å²) in [5, 5.41) is 9.76. The Kier molecular flexibility index (Phi) is 2.76. The van der Waals surface area contributed by atoms with Crippen LogP contribution in [0.15, 0.2) is 0 Å². The second-order valence-electron chi connectivity index (χ2n) is 3.82. The van der Waals surface area contributed by atoms with E-state index in [0.29, 0.717) is 0 Å². The van der Waals surface area contributed by atoms with Crippen LogP contribution in [0.1, 0.15) is 27.2 Å². The molecule has 1 heterocycles. The monoisotopic (exact) mass is 174 g/mol. The number of aliphatic hydroxyl groups is 1. The lowest BCUT2D eigenvalue weighted by atomic mass is 9.86. The van der Waals surface area contributed by atoms with Crippen molar-refractivity contribution in [2.75, 3.05) is 7.11 Å². The Bertz CT molecular complexity index is 160. The highest BCUT2D eigenvalue weighted by Crippen LogP contribution is 2.31. The van der Waals surface area contributed by atoms with Gasteiger partial charge in [-0.3, -0.25) is 0 Å². The highest BCUT2D eigenvalue weighted by atomic mass is 16.5. The Morgan fingerprint density at radius 3 is 2.58 bits per heavy atom. The third-order valence-corrected chi connectivity index (χ3v) is 2.68. The van der Waals surface area contributed by atoms with E-state index in [0.717, 1.165) is 6.42 Å². The first-order valence-electron chi connectivity index (χ1n) is 4.38. The van der Waals surface area contributed by atoms with Crippen molar-refractivity contribution in [3.63, 3.8) is 0 Å². The topological polar surface area (TPSA) is 38.7 Å². The van der Waals surface area contributed by atoms with E-state index in [2.05, 4.69) is 0 Å². The van der Waals surface area contributed by atoms with E-state index in [1.54, 1.807) is 7.11 Å². The first kappa shape index (κ1) is 9.96. The van der Waals surface area contributed by atoms with Gasteiger partial charge in [-0.1, -0.05) is 0 Å². The van der Waals surface area contributed by atoms with Crippen LogP contribution < -0.4 is 0 Å². The Morgan fingerprint density at radius 1 is 1.50 bits per heavy atom. The molecule has 3 nitrogen and oxygen atoms in total. The van der Waals surface area contributed by atoms with Crippen molar-refractivity contribution in [1.82, 2.24) is 0 Å². The van der Waals surface area contributed by atoms with Crippen LogP contribution in [0.4, 0.5) is 0 Å². The maximum atomic E-state index is 9.76. The Balaban J connectivity index is 2.72. The van der Waals surface area contributed by atoms with Gasteiger partial charge in [0.1, 0.15) is 6.10 Å².